The molecule has 1 aliphatic rings. The van der Waals surface area contributed by atoms with Gasteiger partial charge < -0.3 is 4.74 Å². The maximum atomic E-state index is 12.3. The van der Waals surface area contributed by atoms with Crippen LogP contribution in [-0.4, -0.2) is 19.5 Å². The van der Waals surface area contributed by atoms with Crippen molar-refractivity contribution in [3.8, 4) is 0 Å². The SMILES string of the molecule is COCCC1CCC(C)C1C(=O)CCC(C)C. The zero-order valence-corrected chi connectivity index (χ0v) is 11.9. The van der Waals surface area contributed by atoms with Crippen molar-refractivity contribution in [3.05, 3.63) is 0 Å². The third kappa shape index (κ3) is 4.42. The van der Waals surface area contributed by atoms with Crippen LogP contribution in [0.4, 0.5) is 0 Å². The number of methoxy groups -OCH3 is 1. The Hall–Kier alpha value is -0.370. The van der Waals surface area contributed by atoms with E-state index < -0.39 is 0 Å². The van der Waals surface area contributed by atoms with E-state index in [0.29, 0.717) is 29.5 Å². The van der Waals surface area contributed by atoms with Crippen molar-refractivity contribution in [1.82, 2.24) is 0 Å². The Morgan fingerprint density at radius 1 is 1.35 bits per heavy atom. The first-order valence-corrected chi connectivity index (χ1v) is 7.07. The third-order valence-corrected chi connectivity index (χ3v) is 4.15. The molecule has 3 atom stereocenters. The minimum absolute atomic E-state index is 0.309. The minimum Gasteiger partial charge on any atom is -0.385 e. The van der Waals surface area contributed by atoms with Gasteiger partial charge in [0, 0.05) is 26.1 Å². The van der Waals surface area contributed by atoms with E-state index >= 15 is 0 Å². The van der Waals surface area contributed by atoms with Crippen molar-refractivity contribution in [2.45, 2.75) is 52.9 Å². The Morgan fingerprint density at radius 3 is 2.65 bits per heavy atom. The van der Waals surface area contributed by atoms with Crippen molar-refractivity contribution in [1.29, 1.82) is 0 Å². The fourth-order valence-corrected chi connectivity index (χ4v) is 3.07. The molecule has 1 aliphatic carbocycles. The number of hydrogen-bond acceptors (Lipinski definition) is 2. The van der Waals surface area contributed by atoms with E-state index in [1.165, 1.54) is 12.8 Å². The molecule has 1 saturated carbocycles. The van der Waals surface area contributed by atoms with E-state index in [9.17, 15) is 4.79 Å². The third-order valence-electron chi connectivity index (χ3n) is 4.15. The van der Waals surface area contributed by atoms with Gasteiger partial charge in [-0.05, 0) is 43.4 Å². The smallest absolute Gasteiger partial charge is 0.136 e. The molecule has 0 aromatic carbocycles. The number of carbonyl (C=O) groups excluding carboxylic acids is 1. The summed E-state index contributed by atoms with van der Waals surface area (Å²) in [5, 5.41) is 0. The summed E-state index contributed by atoms with van der Waals surface area (Å²) in [6, 6.07) is 0. The second-order valence-electron chi connectivity index (χ2n) is 6.02. The second-order valence-corrected chi connectivity index (χ2v) is 6.02. The average Bonchev–Trinajstić information content (AvgIpc) is 2.64. The molecular weight excluding hydrogens is 212 g/mol. The summed E-state index contributed by atoms with van der Waals surface area (Å²) in [6.07, 6.45) is 5.29. The molecule has 2 nitrogen and oxygen atoms in total. The molecule has 1 fully saturated rings. The Bertz CT molecular complexity index is 235. The standard InChI is InChI=1S/C15H28O2/c1-11(2)5-8-14(16)15-12(3)6-7-13(15)9-10-17-4/h11-13,15H,5-10H2,1-4H3. The Morgan fingerprint density at radius 2 is 2.06 bits per heavy atom. The van der Waals surface area contributed by atoms with Gasteiger partial charge in [-0.3, -0.25) is 4.79 Å². The van der Waals surface area contributed by atoms with Gasteiger partial charge in [0.25, 0.3) is 0 Å². The van der Waals surface area contributed by atoms with Crippen LogP contribution in [0.5, 0.6) is 0 Å². The lowest BCUT2D eigenvalue weighted by Gasteiger charge is -2.22. The number of carbonyl (C=O) groups is 1. The van der Waals surface area contributed by atoms with Crippen LogP contribution >= 0.6 is 0 Å². The number of Topliss-reactive ketones (excluding diaryl/α,β-unsaturated/α-hetero) is 1. The van der Waals surface area contributed by atoms with E-state index in [4.69, 9.17) is 4.74 Å². The topological polar surface area (TPSA) is 26.3 Å². The summed E-state index contributed by atoms with van der Waals surface area (Å²) in [5.41, 5.74) is 0. The van der Waals surface area contributed by atoms with Crippen molar-refractivity contribution in [3.63, 3.8) is 0 Å². The van der Waals surface area contributed by atoms with Gasteiger partial charge in [0.2, 0.25) is 0 Å². The highest BCUT2D eigenvalue weighted by molar-refractivity contribution is 5.81. The quantitative estimate of drug-likeness (QED) is 0.678. The Kier molecular flexibility index (Phi) is 6.18. The molecule has 0 spiro atoms. The predicted molar refractivity (Wildman–Crippen MR) is 71.0 cm³/mol. The van der Waals surface area contributed by atoms with Crippen molar-refractivity contribution < 1.29 is 9.53 Å². The van der Waals surface area contributed by atoms with Gasteiger partial charge in [-0.1, -0.05) is 20.8 Å². The van der Waals surface area contributed by atoms with Crippen molar-refractivity contribution in [2.24, 2.45) is 23.7 Å². The number of ether oxygens (including phenoxy) is 1. The van der Waals surface area contributed by atoms with Crippen molar-refractivity contribution >= 4 is 5.78 Å². The van der Waals surface area contributed by atoms with Crippen LogP contribution in [0.15, 0.2) is 0 Å². The first-order chi connectivity index (χ1) is 8.06. The number of rotatable bonds is 7. The van der Waals surface area contributed by atoms with Gasteiger partial charge in [0.05, 0.1) is 0 Å². The highest BCUT2D eigenvalue weighted by Gasteiger charge is 2.37. The number of hydrogen-bond donors (Lipinski definition) is 0. The molecule has 0 bridgehead atoms. The normalized spacial score (nSPS) is 28.9. The second kappa shape index (κ2) is 7.15. The molecule has 0 N–H and O–H groups in total. The monoisotopic (exact) mass is 240 g/mol. The van der Waals surface area contributed by atoms with Gasteiger partial charge in [-0.25, -0.2) is 0 Å². The Labute approximate surface area is 106 Å². The van der Waals surface area contributed by atoms with E-state index in [2.05, 4.69) is 20.8 Å². The summed E-state index contributed by atoms with van der Waals surface area (Å²) in [4.78, 5) is 12.3. The summed E-state index contributed by atoms with van der Waals surface area (Å²) in [5.74, 6) is 2.60. The highest BCUT2D eigenvalue weighted by atomic mass is 16.5. The molecule has 0 radical (unpaired) electrons. The molecule has 0 saturated heterocycles. The van der Waals surface area contributed by atoms with E-state index in [1.807, 2.05) is 0 Å². The molecule has 0 aromatic rings. The van der Waals surface area contributed by atoms with Crippen LogP contribution in [-0.2, 0) is 9.53 Å². The van der Waals surface area contributed by atoms with E-state index in [-0.39, 0.29) is 0 Å². The van der Waals surface area contributed by atoms with Gasteiger partial charge >= 0.3 is 0 Å². The first kappa shape index (κ1) is 14.7. The van der Waals surface area contributed by atoms with Crippen LogP contribution in [0.2, 0.25) is 0 Å². The molecule has 1 rings (SSSR count). The fraction of sp³-hybridized carbons (Fsp3) is 0.933. The predicted octanol–water partition coefficient (Wildman–Crippen LogP) is 3.69. The molecule has 0 amide bonds. The Balaban J connectivity index is 2.48. The lowest BCUT2D eigenvalue weighted by Crippen LogP contribution is -2.24. The van der Waals surface area contributed by atoms with Crippen molar-refractivity contribution in [2.75, 3.05) is 13.7 Å². The zero-order valence-electron chi connectivity index (χ0n) is 11.9. The average molecular weight is 240 g/mol. The lowest BCUT2D eigenvalue weighted by atomic mass is 9.82. The molecule has 0 heterocycles. The molecule has 0 aliphatic heterocycles. The molecule has 0 aromatic heterocycles. The van der Waals surface area contributed by atoms with Gasteiger partial charge in [0.15, 0.2) is 0 Å². The van der Waals surface area contributed by atoms with Crippen LogP contribution in [0.25, 0.3) is 0 Å². The minimum atomic E-state index is 0.309. The molecular formula is C15H28O2. The molecule has 100 valence electrons. The highest BCUT2D eigenvalue weighted by Crippen LogP contribution is 2.40. The summed E-state index contributed by atoms with van der Waals surface area (Å²) in [6.45, 7) is 7.41. The van der Waals surface area contributed by atoms with E-state index in [0.717, 1.165) is 25.9 Å². The number of ketones is 1. The van der Waals surface area contributed by atoms with Gasteiger partial charge in [0.1, 0.15) is 5.78 Å². The maximum Gasteiger partial charge on any atom is 0.136 e. The molecule has 17 heavy (non-hydrogen) atoms. The largest absolute Gasteiger partial charge is 0.385 e. The summed E-state index contributed by atoms with van der Waals surface area (Å²) >= 11 is 0. The zero-order chi connectivity index (χ0) is 12.8. The molecule has 2 heteroatoms. The van der Waals surface area contributed by atoms with Gasteiger partial charge in [-0.15, -0.1) is 0 Å². The van der Waals surface area contributed by atoms with Crippen LogP contribution < -0.4 is 0 Å². The summed E-state index contributed by atoms with van der Waals surface area (Å²) in [7, 11) is 1.74. The molecule has 3 unspecified atom stereocenters. The van der Waals surface area contributed by atoms with Crippen LogP contribution in [0.1, 0.15) is 52.9 Å². The maximum absolute atomic E-state index is 12.3. The van der Waals surface area contributed by atoms with Gasteiger partial charge in [-0.2, -0.15) is 0 Å². The van der Waals surface area contributed by atoms with Crippen LogP contribution in [0, 0.1) is 23.7 Å². The first-order valence-electron chi connectivity index (χ1n) is 7.07. The summed E-state index contributed by atoms with van der Waals surface area (Å²) < 4.78 is 5.15. The fourth-order valence-electron chi connectivity index (χ4n) is 3.07. The van der Waals surface area contributed by atoms with E-state index in [1.54, 1.807) is 7.11 Å². The van der Waals surface area contributed by atoms with Crippen LogP contribution in [0.3, 0.4) is 0 Å². The lowest BCUT2D eigenvalue weighted by molar-refractivity contribution is -0.125.